The van der Waals surface area contributed by atoms with Crippen LogP contribution >= 0.6 is 0 Å². The van der Waals surface area contributed by atoms with Gasteiger partial charge < -0.3 is 15.5 Å². The molecule has 1 aromatic rings. The lowest BCUT2D eigenvalue weighted by molar-refractivity contribution is -0.136. The minimum Gasteiger partial charge on any atom is -0.480 e. The Morgan fingerprint density at radius 2 is 2.18 bits per heavy atom. The van der Waals surface area contributed by atoms with E-state index in [1.165, 1.54) is 12.1 Å². The number of aryl methyl sites for hydroxylation is 1. The molecule has 4 nitrogen and oxygen atoms in total. The molecule has 0 bridgehead atoms. The quantitative estimate of drug-likeness (QED) is 0.725. The van der Waals surface area contributed by atoms with Crippen LogP contribution < -0.4 is 5.32 Å². The molecule has 17 heavy (non-hydrogen) atoms. The number of carboxylic acids is 1. The van der Waals surface area contributed by atoms with Crippen LogP contribution in [0.1, 0.15) is 24.2 Å². The molecule has 0 radical (unpaired) electrons. The molecule has 1 aromatic carbocycles. The summed E-state index contributed by atoms with van der Waals surface area (Å²) in [4.78, 5) is 10.4. The Balaban J connectivity index is 2.70. The number of hydrogen-bond donors (Lipinski definition) is 3. The van der Waals surface area contributed by atoms with Gasteiger partial charge in [0.05, 0.1) is 12.6 Å². The molecule has 0 saturated carbocycles. The maximum absolute atomic E-state index is 13.0. The van der Waals surface area contributed by atoms with E-state index in [9.17, 15) is 14.3 Å². The summed E-state index contributed by atoms with van der Waals surface area (Å²) in [6.07, 6.45) is -0.867. The average Bonchev–Trinajstić information content (AvgIpc) is 2.28. The van der Waals surface area contributed by atoms with Crippen LogP contribution in [0.15, 0.2) is 18.2 Å². The van der Waals surface area contributed by atoms with Crippen LogP contribution in [-0.4, -0.2) is 28.8 Å². The normalized spacial score (nSPS) is 14.4. The van der Waals surface area contributed by atoms with Gasteiger partial charge >= 0.3 is 5.97 Å². The third-order valence-electron chi connectivity index (χ3n) is 2.57. The third-order valence-corrected chi connectivity index (χ3v) is 2.57. The van der Waals surface area contributed by atoms with Crippen molar-refractivity contribution >= 4 is 5.97 Å². The second-order valence-electron chi connectivity index (χ2n) is 4.02. The Bertz CT molecular complexity index is 409. The van der Waals surface area contributed by atoms with Crippen molar-refractivity contribution in [2.75, 3.05) is 6.54 Å². The highest BCUT2D eigenvalue weighted by atomic mass is 19.1. The molecule has 2 atom stereocenters. The molecule has 0 aliphatic rings. The summed E-state index contributed by atoms with van der Waals surface area (Å²) < 4.78 is 13.0. The summed E-state index contributed by atoms with van der Waals surface area (Å²) in [5.74, 6) is -1.31. The number of carboxylic acid groups (broad SMARTS) is 1. The van der Waals surface area contributed by atoms with Crippen molar-refractivity contribution in [2.24, 2.45) is 0 Å². The van der Waals surface area contributed by atoms with Gasteiger partial charge in [-0.3, -0.25) is 4.79 Å². The van der Waals surface area contributed by atoms with Gasteiger partial charge in [0.25, 0.3) is 0 Å². The molecule has 94 valence electrons. The fraction of sp³-hybridized carbons (Fsp3) is 0.417. The van der Waals surface area contributed by atoms with Crippen LogP contribution in [0.3, 0.4) is 0 Å². The van der Waals surface area contributed by atoms with Gasteiger partial charge in [0.15, 0.2) is 0 Å². The lowest BCUT2D eigenvalue weighted by Gasteiger charge is -2.20. The Morgan fingerprint density at radius 3 is 2.71 bits per heavy atom. The molecular weight excluding hydrogens is 225 g/mol. The third kappa shape index (κ3) is 3.80. The molecule has 0 fully saturated rings. The van der Waals surface area contributed by atoms with E-state index >= 15 is 0 Å². The number of benzene rings is 1. The Morgan fingerprint density at radius 1 is 1.53 bits per heavy atom. The Hall–Kier alpha value is -1.46. The zero-order chi connectivity index (χ0) is 13.0. The predicted molar refractivity (Wildman–Crippen MR) is 61.2 cm³/mol. The zero-order valence-electron chi connectivity index (χ0n) is 9.77. The minimum atomic E-state index is -0.987. The number of rotatable bonds is 5. The average molecular weight is 241 g/mol. The molecule has 0 aliphatic carbocycles. The highest BCUT2D eigenvalue weighted by molar-refractivity contribution is 5.69. The van der Waals surface area contributed by atoms with Crippen LogP contribution in [0.5, 0.6) is 0 Å². The largest absolute Gasteiger partial charge is 0.480 e. The molecule has 0 heterocycles. The van der Waals surface area contributed by atoms with Crippen molar-refractivity contribution in [3.63, 3.8) is 0 Å². The van der Waals surface area contributed by atoms with E-state index in [1.807, 2.05) is 0 Å². The minimum absolute atomic E-state index is 0.224. The van der Waals surface area contributed by atoms with E-state index in [4.69, 9.17) is 5.11 Å². The monoisotopic (exact) mass is 241 g/mol. The van der Waals surface area contributed by atoms with Gasteiger partial charge in [-0.2, -0.15) is 0 Å². The van der Waals surface area contributed by atoms with Gasteiger partial charge in [-0.25, -0.2) is 4.39 Å². The number of hydrogen-bond acceptors (Lipinski definition) is 3. The molecule has 3 N–H and O–H groups in total. The maximum atomic E-state index is 13.0. The van der Waals surface area contributed by atoms with Gasteiger partial charge in [-0.15, -0.1) is 0 Å². The maximum Gasteiger partial charge on any atom is 0.317 e. The summed E-state index contributed by atoms with van der Waals surface area (Å²) in [6.45, 7) is 3.06. The smallest absolute Gasteiger partial charge is 0.317 e. The topological polar surface area (TPSA) is 69.6 Å². The lowest BCUT2D eigenvalue weighted by Crippen LogP contribution is -2.35. The molecule has 0 aromatic heterocycles. The SMILES string of the molecule is Cc1cc(C(O)C(C)NCC(=O)O)ccc1F. The summed E-state index contributed by atoms with van der Waals surface area (Å²) in [5.41, 5.74) is 1.02. The van der Waals surface area contributed by atoms with E-state index in [-0.39, 0.29) is 12.4 Å². The van der Waals surface area contributed by atoms with E-state index in [1.54, 1.807) is 19.9 Å². The van der Waals surface area contributed by atoms with Crippen LogP contribution in [0, 0.1) is 12.7 Å². The highest BCUT2D eigenvalue weighted by Gasteiger charge is 2.17. The number of aliphatic carboxylic acids is 1. The summed E-state index contributed by atoms with van der Waals surface area (Å²) >= 11 is 0. The molecule has 1 rings (SSSR count). The van der Waals surface area contributed by atoms with Gasteiger partial charge in [-0.05, 0) is 31.0 Å². The van der Waals surface area contributed by atoms with Gasteiger partial charge in [0.1, 0.15) is 5.82 Å². The summed E-state index contributed by atoms with van der Waals surface area (Å²) in [5, 5.41) is 21.1. The number of aliphatic hydroxyl groups excluding tert-OH is 1. The first-order chi connectivity index (χ1) is 7.91. The highest BCUT2D eigenvalue weighted by Crippen LogP contribution is 2.19. The zero-order valence-corrected chi connectivity index (χ0v) is 9.77. The summed E-state index contributed by atoms with van der Waals surface area (Å²) in [6, 6.07) is 3.92. The summed E-state index contributed by atoms with van der Waals surface area (Å²) in [7, 11) is 0. The fourth-order valence-corrected chi connectivity index (χ4v) is 1.50. The fourth-order valence-electron chi connectivity index (χ4n) is 1.50. The van der Waals surface area contributed by atoms with Crippen molar-refractivity contribution in [3.8, 4) is 0 Å². The van der Waals surface area contributed by atoms with Crippen LogP contribution in [0.2, 0.25) is 0 Å². The van der Waals surface area contributed by atoms with Crippen molar-refractivity contribution in [1.29, 1.82) is 0 Å². The number of nitrogens with one attached hydrogen (secondary N) is 1. The van der Waals surface area contributed by atoms with E-state index < -0.39 is 18.1 Å². The van der Waals surface area contributed by atoms with Crippen molar-refractivity contribution in [3.05, 3.63) is 35.1 Å². The first-order valence-electron chi connectivity index (χ1n) is 5.31. The van der Waals surface area contributed by atoms with Gasteiger partial charge in [0.2, 0.25) is 0 Å². The number of halogens is 1. The molecular formula is C12H16FNO3. The molecule has 0 amide bonds. The molecule has 0 spiro atoms. The number of carbonyl (C=O) groups is 1. The molecule has 0 saturated heterocycles. The van der Waals surface area contributed by atoms with Gasteiger partial charge in [0, 0.05) is 6.04 Å². The molecule has 2 unspecified atom stereocenters. The van der Waals surface area contributed by atoms with Crippen LogP contribution in [0.4, 0.5) is 4.39 Å². The van der Waals surface area contributed by atoms with E-state index in [0.29, 0.717) is 11.1 Å². The van der Waals surface area contributed by atoms with Crippen molar-refractivity contribution in [1.82, 2.24) is 5.32 Å². The lowest BCUT2D eigenvalue weighted by atomic mass is 10.0. The number of aliphatic hydroxyl groups is 1. The Labute approximate surface area is 99.1 Å². The van der Waals surface area contributed by atoms with E-state index in [2.05, 4.69) is 5.32 Å². The first-order valence-corrected chi connectivity index (χ1v) is 5.31. The van der Waals surface area contributed by atoms with Gasteiger partial charge in [-0.1, -0.05) is 12.1 Å². The second kappa shape index (κ2) is 5.75. The van der Waals surface area contributed by atoms with Crippen LogP contribution in [0.25, 0.3) is 0 Å². The Kier molecular flexibility index (Phi) is 4.60. The first kappa shape index (κ1) is 13.6. The molecule has 5 heteroatoms. The standard InChI is InChI=1S/C12H16FNO3/c1-7-5-9(3-4-10(7)13)12(17)8(2)14-6-11(15)16/h3-5,8,12,14,17H,6H2,1-2H3,(H,15,16). The van der Waals surface area contributed by atoms with Crippen LogP contribution in [-0.2, 0) is 4.79 Å². The van der Waals surface area contributed by atoms with E-state index in [0.717, 1.165) is 0 Å². The van der Waals surface area contributed by atoms with Crippen molar-refractivity contribution < 1.29 is 19.4 Å². The second-order valence-corrected chi connectivity index (χ2v) is 4.02. The molecule has 0 aliphatic heterocycles. The predicted octanol–water partition coefficient (Wildman–Crippen LogP) is 1.23. The van der Waals surface area contributed by atoms with Crippen molar-refractivity contribution in [2.45, 2.75) is 26.0 Å².